The van der Waals surface area contributed by atoms with Crippen LogP contribution in [0.1, 0.15) is 17.4 Å². The Morgan fingerprint density at radius 1 is 1.43 bits per heavy atom. The first-order chi connectivity index (χ1) is 10.3. The Kier molecular flexibility index (Phi) is 5.35. The number of nitrogens with two attached hydrogens (primary N) is 1. The van der Waals surface area contributed by atoms with Crippen LogP contribution in [0.2, 0.25) is 0 Å². The van der Waals surface area contributed by atoms with Crippen LogP contribution in [0.15, 0.2) is 30.3 Å². The molecule has 1 aromatic carbocycles. The number of hydrogen-bond donors (Lipinski definition) is 2. The first kappa shape index (κ1) is 15.1. The molecule has 3 N–H and O–H groups in total. The minimum absolute atomic E-state index is 0.0352. The van der Waals surface area contributed by atoms with Crippen LogP contribution in [0.5, 0.6) is 0 Å². The third-order valence-electron chi connectivity index (χ3n) is 2.95. The van der Waals surface area contributed by atoms with E-state index in [0.717, 1.165) is 5.56 Å². The van der Waals surface area contributed by atoms with Crippen LogP contribution in [0.25, 0.3) is 0 Å². The minimum atomic E-state index is -0.408. The van der Waals surface area contributed by atoms with Crippen molar-refractivity contribution in [2.24, 2.45) is 5.73 Å². The molecule has 112 valence electrons. The number of tetrazole rings is 1. The molecule has 0 aliphatic rings. The van der Waals surface area contributed by atoms with Gasteiger partial charge in [0.2, 0.25) is 0 Å². The molecule has 21 heavy (non-hydrogen) atoms. The van der Waals surface area contributed by atoms with Gasteiger partial charge in [-0.2, -0.15) is 0 Å². The van der Waals surface area contributed by atoms with Gasteiger partial charge in [-0.1, -0.05) is 30.3 Å². The van der Waals surface area contributed by atoms with Crippen molar-refractivity contribution in [3.05, 3.63) is 41.7 Å². The first-order valence-electron chi connectivity index (χ1n) is 6.57. The van der Waals surface area contributed by atoms with Crippen molar-refractivity contribution in [3.63, 3.8) is 0 Å². The number of hydrogen-bond acceptors (Lipinski definition) is 7. The standard InChI is InChI=1S/C13H18N6O2/c1-21-11(20)9-19-13(16-17-18-19)12(15-8-7-14)10-5-3-2-4-6-10/h2-6,12,15H,7-9,14H2,1H3. The third-order valence-corrected chi connectivity index (χ3v) is 2.95. The Hall–Kier alpha value is -2.32. The van der Waals surface area contributed by atoms with E-state index in [0.29, 0.717) is 18.9 Å². The fraction of sp³-hybridized carbons (Fsp3) is 0.385. The SMILES string of the molecule is COC(=O)Cn1nnnc1C(NCCN)c1ccccc1. The van der Waals surface area contributed by atoms with E-state index in [-0.39, 0.29) is 12.6 Å². The molecule has 0 fully saturated rings. The van der Waals surface area contributed by atoms with Gasteiger partial charge in [0.15, 0.2) is 5.82 Å². The molecule has 8 nitrogen and oxygen atoms in total. The van der Waals surface area contributed by atoms with Crippen molar-refractivity contribution < 1.29 is 9.53 Å². The third kappa shape index (κ3) is 3.83. The molecule has 0 spiro atoms. The van der Waals surface area contributed by atoms with Crippen LogP contribution in [0, 0.1) is 0 Å². The van der Waals surface area contributed by atoms with Crippen LogP contribution in [0.4, 0.5) is 0 Å². The molecule has 0 saturated carbocycles. The van der Waals surface area contributed by atoms with Gasteiger partial charge in [0.05, 0.1) is 13.2 Å². The quantitative estimate of drug-likeness (QED) is 0.661. The van der Waals surface area contributed by atoms with E-state index in [9.17, 15) is 4.79 Å². The van der Waals surface area contributed by atoms with Gasteiger partial charge < -0.3 is 15.8 Å². The van der Waals surface area contributed by atoms with E-state index in [1.54, 1.807) is 0 Å². The highest BCUT2D eigenvalue weighted by Gasteiger charge is 2.21. The smallest absolute Gasteiger partial charge is 0.327 e. The second-order valence-corrected chi connectivity index (χ2v) is 4.36. The average Bonchev–Trinajstić information content (AvgIpc) is 2.96. The van der Waals surface area contributed by atoms with Gasteiger partial charge in [-0.3, -0.25) is 4.79 Å². The fourth-order valence-electron chi connectivity index (χ4n) is 1.95. The van der Waals surface area contributed by atoms with Gasteiger partial charge >= 0.3 is 5.97 Å². The largest absolute Gasteiger partial charge is 0.468 e. The van der Waals surface area contributed by atoms with Gasteiger partial charge in [0.25, 0.3) is 0 Å². The zero-order valence-corrected chi connectivity index (χ0v) is 11.8. The van der Waals surface area contributed by atoms with Crippen molar-refractivity contribution in [3.8, 4) is 0 Å². The summed E-state index contributed by atoms with van der Waals surface area (Å²) in [6, 6.07) is 9.48. The lowest BCUT2D eigenvalue weighted by atomic mass is 10.1. The van der Waals surface area contributed by atoms with Gasteiger partial charge in [0, 0.05) is 13.1 Å². The number of nitrogens with zero attached hydrogens (tertiary/aromatic N) is 4. The Morgan fingerprint density at radius 3 is 2.86 bits per heavy atom. The molecule has 0 aliphatic heterocycles. The molecule has 8 heteroatoms. The predicted molar refractivity (Wildman–Crippen MR) is 75.2 cm³/mol. The highest BCUT2D eigenvalue weighted by atomic mass is 16.5. The number of benzene rings is 1. The number of esters is 1. The van der Waals surface area contributed by atoms with E-state index in [1.807, 2.05) is 30.3 Å². The highest BCUT2D eigenvalue weighted by molar-refractivity contribution is 5.68. The maximum atomic E-state index is 11.4. The molecule has 1 heterocycles. The Balaban J connectivity index is 2.29. The van der Waals surface area contributed by atoms with Crippen molar-refractivity contribution in [2.45, 2.75) is 12.6 Å². The van der Waals surface area contributed by atoms with E-state index < -0.39 is 5.97 Å². The molecule has 1 atom stereocenters. The molecule has 0 bridgehead atoms. The molecule has 1 unspecified atom stereocenters. The zero-order chi connectivity index (χ0) is 15.1. The molecule has 0 aliphatic carbocycles. The van der Waals surface area contributed by atoms with Crippen molar-refractivity contribution >= 4 is 5.97 Å². The number of nitrogens with one attached hydrogen (secondary N) is 1. The van der Waals surface area contributed by atoms with Gasteiger partial charge in [-0.25, -0.2) is 4.68 Å². The minimum Gasteiger partial charge on any atom is -0.468 e. The molecule has 2 rings (SSSR count). The maximum Gasteiger partial charge on any atom is 0.327 e. The topological polar surface area (TPSA) is 108 Å². The summed E-state index contributed by atoms with van der Waals surface area (Å²) in [6.45, 7) is 1.05. The zero-order valence-electron chi connectivity index (χ0n) is 11.8. The number of ether oxygens (including phenoxy) is 1. The summed E-state index contributed by atoms with van der Waals surface area (Å²) in [7, 11) is 1.33. The van der Waals surface area contributed by atoms with Gasteiger partial charge in [-0.05, 0) is 16.0 Å². The van der Waals surface area contributed by atoms with Gasteiger partial charge in [0.1, 0.15) is 6.54 Å². The lowest BCUT2D eigenvalue weighted by Gasteiger charge is -2.18. The number of rotatable bonds is 7. The molecule has 2 aromatic rings. The van der Waals surface area contributed by atoms with E-state index >= 15 is 0 Å². The van der Waals surface area contributed by atoms with Crippen molar-refractivity contribution in [2.75, 3.05) is 20.2 Å². The maximum absolute atomic E-state index is 11.4. The fourth-order valence-corrected chi connectivity index (χ4v) is 1.95. The molecular formula is C13H18N6O2. The Labute approximate surface area is 122 Å². The van der Waals surface area contributed by atoms with Crippen molar-refractivity contribution in [1.82, 2.24) is 25.5 Å². The van der Waals surface area contributed by atoms with Crippen LogP contribution >= 0.6 is 0 Å². The van der Waals surface area contributed by atoms with Crippen molar-refractivity contribution in [1.29, 1.82) is 0 Å². The normalized spacial score (nSPS) is 12.1. The Morgan fingerprint density at radius 2 is 2.19 bits per heavy atom. The molecule has 0 amide bonds. The number of aromatic nitrogens is 4. The monoisotopic (exact) mass is 290 g/mol. The summed E-state index contributed by atoms with van der Waals surface area (Å²) in [5, 5.41) is 14.8. The lowest BCUT2D eigenvalue weighted by Crippen LogP contribution is -2.31. The first-order valence-corrected chi connectivity index (χ1v) is 6.57. The molecular weight excluding hydrogens is 272 g/mol. The number of carbonyl (C=O) groups excluding carboxylic acids is 1. The van der Waals surface area contributed by atoms with Crippen LogP contribution in [0.3, 0.4) is 0 Å². The summed E-state index contributed by atoms with van der Waals surface area (Å²) in [4.78, 5) is 11.4. The van der Waals surface area contributed by atoms with E-state index in [1.165, 1.54) is 11.8 Å². The summed E-state index contributed by atoms with van der Waals surface area (Å²) in [6.07, 6.45) is 0. The second kappa shape index (κ2) is 7.46. The summed E-state index contributed by atoms with van der Waals surface area (Å²) >= 11 is 0. The summed E-state index contributed by atoms with van der Waals surface area (Å²) < 4.78 is 6.07. The summed E-state index contributed by atoms with van der Waals surface area (Å²) in [5.74, 6) is 0.134. The molecule has 0 saturated heterocycles. The van der Waals surface area contributed by atoms with Crippen LogP contribution in [-0.2, 0) is 16.1 Å². The molecule has 0 radical (unpaired) electrons. The lowest BCUT2D eigenvalue weighted by molar-refractivity contribution is -0.141. The number of methoxy groups -OCH3 is 1. The highest BCUT2D eigenvalue weighted by Crippen LogP contribution is 2.19. The second-order valence-electron chi connectivity index (χ2n) is 4.36. The average molecular weight is 290 g/mol. The Bertz CT molecular complexity index is 571. The molecule has 1 aromatic heterocycles. The van der Waals surface area contributed by atoms with Gasteiger partial charge in [-0.15, -0.1) is 5.10 Å². The van der Waals surface area contributed by atoms with Crippen LogP contribution < -0.4 is 11.1 Å². The van der Waals surface area contributed by atoms with E-state index in [4.69, 9.17) is 5.73 Å². The van der Waals surface area contributed by atoms with Crippen LogP contribution in [-0.4, -0.2) is 46.4 Å². The summed E-state index contributed by atoms with van der Waals surface area (Å²) in [5.41, 5.74) is 6.55. The number of carbonyl (C=O) groups is 1. The van der Waals surface area contributed by atoms with E-state index in [2.05, 4.69) is 25.6 Å². The predicted octanol–water partition coefficient (Wildman–Crippen LogP) is -0.516.